The molecule has 0 heterocycles. The zero-order chi connectivity index (χ0) is 19.3. The van der Waals surface area contributed by atoms with Crippen molar-refractivity contribution < 1.29 is 9.47 Å². The molecule has 0 aliphatic carbocycles. The summed E-state index contributed by atoms with van der Waals surface area (Å²) in [6, 6.07) is 25.4. The second kappa shape index (κ2) is 8.25. The molecule has 3 rings (SSSR count). The molecule has 4 nitrogen and oxygen atoms in total. The summed E-state index contributed by atoms with van der Waals surface area (Å²) in [6.07, 6.45) is 0.662. The molecule has 0 saturated heterocycles. The van der Waals surface area contributed by atoms with E-state index in [1.165, 1.54) is 0 Å². The summed E-state index contributed by atoms with van der Waals surface area (Å²) in [7, 11) is 3.30. The molecule has 0 aliphatic heterocycles. The Hall–Kier alpha value is -2.82. The SMILES string of the molecule is COc1ccc(C(N)(c2ccc(OC)cc2)[C@@H](N)Cc2ccccc2)cc1. The number of hydrogen-bond acceptors (Lipinski definition) is 4. The minimum atomic E-state index is -0.853. The second-order valence-corrected chi connectivity index (χ2v) is 6.62. The molecule has 0 amide bonds. The lowest BCUT2D eigenvalue weighted by molar-refractivity contribution is 0.403. The molecule has 0 radical (unpaired) electrons. The van der Waals surface area contributed by atoms with Gasteiger partial charge in [0.05, 0.1) is 19.8 Å². The van der Waals surface area contributed by atoms with Gasteiger partial charge in [0.2, 0.25) is 0 Å². The molecule has 3 aromatic rings. The first-order valence-electron chi connectivity index (χ1n) is 8.95. The smallest absolute Gasteiger partial charge is 0.118 e. The molecule has 140 valence electrons. The van der Waals surface area contributed by atoms with E-state index in [2.05, 4.69) is 12.1 Å². The first kappa shape index (κ1) is 19.0. The highest BCUT2D eigenvalue weighted by Crippen LogP contribution is 2.33. The Labute approximate surface area is 160 Å². The third kappa shape index (κ3) is 3.97. The van der Waals surface area contributed by atoms with Crippen molar-refractivity contribution >= 4 is 0 Å². The molecule has 27 heavy (non-hydrogen) atoms. The van der Waals surface area contributed by atoms with Gasteiger partial charge in [-0.05, 0) is 47.4 Å². The van der Waals surface area contributed by atoms with Gasteiger partial charge in [0, 0.05) is 6.04 Å². The second-order valence-electron chi connectivity index (χ2n) is 6.62. The van der Waals surface area contributed by atoms with E-state index < -0.39 is 5.54 Å². The average molecular weight is 362 g/mol. The van der Waals surface area contributed by atoms with Crippen molar-refractivity contribution in [3.05, 3.63) is 95.6 Å². The summed E-state index contributed by atoms with van der Waals surface area (Å²) in [5.41, 5.74) is 15.9. The first-order valence-corrected chi connectivity index (χ1v) is 8.95. The Morgan fingerprint density at radius 2 is 1.19 bits per heavy atom. The van der Waals surface area contributed by atoms with E-state index >= 15 is 0 Å². The first-order chi connectivity index (χ1) is 13.1. The molecular formula is C23H26N2O2. The number of methoxy groups -OCH3 is 2. The highest BCUT2D eigenvalue weighted by atomic mass is 16.5. The van der Waals surface area contributed by atoms with Gasteiger partial charge in [-0.15, -0.1) is 0 Å². The van der Waals surface area contributed by atoms with Crippen molar-refractivity contribution in [3.63, 3.8) is 0 Å². The minimum absolute atomic E-state index is 0.318. The maximum absolute atomic E-state index is 7.01. The summed E-state index contributed by atoms with van der Waals surface area (Å²) in [6.45, 7) is 0. The predicted molar refractivity (Wildman–Crippen MR) is 109 cm³/mol. The fourth-order valence-electron chi connectivity index (χ4n) is 3.36. The van der Waals surface area contributed by atoms with Crippen LogP contribution in [0.15, 0.2) is 78.9 Å². The molecule has 0 saturated carbocycles. The van der Waals surface area contributed by atoms with E-state index in [0.717, 1.165) is 28.2 Å². The van der Waals surface area contributed by atoms with Crippen LogP contribution in [0.2, 0.25) is 0 Å². The summed E-state index contributed by atoms with van der Waals surface area (Å²) in [5.74, 6) is 1.57. The molecule has 0 aromatic heterocycles. The van der Waals surface area contributed by atoms with Gasteiger partial charge in [-0.3, -0.25) is 0 Å². The Morgan fingerprint density at radius 1 is 0.741 bits per heavy atom. The van der Waals surface area contributed by atoms with Crippen molar-refractivity contribution in [3.8, 4) is 11.5 Å². The summed E-state index contributed by atoms with van der Waals surface area (Å²) >= 11 is 0. The van der Waals surface area contributed by atoms with Crippen LogP contribution < -0.4 is 20.9 Å². The van der Waals surface area contributed by atoms with Crippen molar-refractivity contribution in [1.29, 1.82) is 0 Å². The molecule has 3 aromatic carbocycles. The van der Waals surface area contributed by atoms with Crippen LogP contribution in [0.4, 0.5) is 0 Å². The molecule has 4 heteroatoms. The maximum Gasteiger partial charge on any atom is 0.118 e. The van der Waals surface area contributed by atoms with Gasteiger partial charge in [0.25, 0.3) is 0 Å². The Morgan fingerprint density at radius 3 is 1.59 bits per heavy atom. The highest BCUT2D eigenvalue weighted by Gasteiger charge is 2.36. The lowest BCUT2D eigenvalue weighted by Crippen LogP contribution is -2.54. The van der Waals surface area contributed by atoms with Gasteiger partial charge in [0.1, 0.15) is 11.5 Å². The van der Waals surface area contributed by atoms with E-state index in [9.17, 15) is 0 Å². The number of nitrogens with two attached hydrogens (primary N) is 2. The third-order valence-electron chi connectivity index (χ3n) is 5.02. The van der Waals surface area contributed by atoms with Crippen molar-refractivity contribution in [2.75, 3.05) is 14.2 Å². The van der Waals surface area contributed by atoms with Crippen molar-refractivity contribution in [1.82, 2.24) is 0 Å². The van der Waals surface area contributed by atoms with E-state index in [1.807, 2.05) is 66.7 Å². The zero-order valence-electron chi connectivity index (χ0n) is 15.8. The van der Waals surface area contributed by atoms with Gasteiger partial charge in [-0.1, -0.05) is 54.6 Å². The number of rotatable bonds is 7. The van der Waals surface area contributed by atoms with Crippen LogP contribution in [0.25, 0.3) is 0 Å². The lowest BCUT2D eigenvalue weighted by atomic mass is 9.76. The predicted octanol–water partition coefficient (Wildman–Crippen LogP) is 3.48. The molecule has 1 atom stereocenters. The molecule has 0 unspecified atom stereocenters. The van der Waals surface area contributed by atoms with Crippen molar-refractivity contribution in [2.24, 2.45) is 11.5 Å². The zero-order valence-corrected chi connectivity index (χ0v) is 15.8. The largest absolute Gasteiger partial charge is 0.497 e. The molecular weight excluding hydrogens is 336 g/mol. The van der Waals surface area contributed by atoms with E-state index in [-0.39, 0.29) is 6.04 Å². The summed E-state index contributed by atoms with van der Waals surface area (Å²) in [5, 5.41) is 0. The van der Waals surface area contributed by atoms with Crippen LogP contribution in [0.3, 0.4) is 0 Å². The number of benzene rings is 3. The third-order valence-corrected chi connectivity index (χ3v) is 5.02. The summed E-state index contributed by atoms with van der Waals surface area (Å²) in [4.78, 5) is 0. The van der Waals surface area contributed by atoms with Gasteiger partial charge in [-0.2, -0.15) is 0 Å². The fourth-order valence-corrected chi connectivity index (χ4v) is 3.36. The minimum Gasteiger partial charge on any atom is -0.497 e. The van der Waals surface area contributed by atoms with E-state index in [1.54, 1.807) is 14.2 Å². The van der Waals surface area contributed by atoms with Gasteiger partial charge in [-0.25, -0.2) is 0 Å². The van der Waals surface area contributed by atoms with Gasteiger partial charge < -0.3 is 20.9 Å². The number of hydrogen-bond donors (Lipinski definition) is 2. The molecule has 0 fully saturated rings. The van der Waals surface area contributed by atoms with Crippen LogP contribution in [0.1, 0.15) is 16.7 Å². The van der Waals surface area contributed by atoms with Crippen LogP contribution in [0, 0.1) is 0 Å². The Kier molecular flexibility index (Phi) is 5.79. The normalized spacial score (nSPS) is 12.4. The fraction of sp³-hybridized carbons (Fsp3) is 0.217. The average Bonchev–Trinajstić information content (AvgIpc) is 2.74. The maximum atomic E-state index is 7.01. The standard InChI is InChI=1S/C23H26N2O2/c1-26-20-12-8-18(9-13-20)23(25,19-10-14-21(27-2)15-11-19)22(24)16-17-6-4-3-5-7-17/h3-15,22H,16,24-25H2,1-2H3/t22-/m0/s1. The number of ether oxygens (including phenoxy) is 2. The Bertz CT molecular complexity index is 798. The summed E-state index contributed by atoms with van der Waals surface area (Å²) < 4.78 is 10.6. The lowest BCUT2D eigenvalue weighted by Gasteiger charge is -2.37. The van der Waals surface area contributed by atoms with Crippen LogP contribution in [-0.4, -0.2) is 20.3 Å². The molecule has 4 N–H and O–H groups in total. The van der Waals surface area contributed by atoms with Crippen LogP contribution in [0.5, 0.6) is 11.5 Å². The molecule has 0 bridgehead atoms. The molecule has 0 aliphatic rings. The van der Waals surface area contributed by atoms with E-state index in [4.69, 9.17) is 20.9 Å². The highest BCUT2D eigenvalue weighted by molar-refractivity contribution is 5.44. The van der Waals surface area contributed by atoms with Crippen LogP contribution in [-0.2, 0) is 12.0 Å². The van der Waals surface area contributed by atoms with Crippen LogP contribution >= 0.6 is 0 Å². The monoisotopic (exact) mass is 362 g/mol. The van der Waals surface area contributed by atoms with Gasteiger partial charge in [0.15, 0.2) is 0 Å². The topological polar surface area (TPSA) is 70.5 Å². The quantitative estimate of drug-likeness (QED) is 0.675. The van der Waals surface area contributed by atoms with E-state index in [0.29, 0.717) is 6.42 Å². The van der Waals surface area contributed by atoms with Crippen molar-refractivity contribution in [2.45, 2.75) is 18.0 Å². The Balaban J connectivity index is 2.03. The molecule has 0 spiro atoms. The van der Waals surface area contributed by atoms with Gasteiger partial charge >= 0.3 is 0 Å².